The maximum absolute atomic E-state index is 4.10. The van der Waals surface area contributed by atoms with Crippen molar-refractivity contribution in [2.75, 3.05) is 11.5 Å². The van der Waals surface area contributed by atoms with Crippen molar-refractivity contribution in [3.63, 3.8) is 0 Å². The molecule has 62 valence electrons. The molecule has 1 heteroatoms. The highest BCUT2D eigenvalue weighted by Gasteiger charge is 2.28. The molecule has 0 bridgehead atoms. The molecule has 0 aromatic carbocycles. The average molecular weight is 168 g/mol. The van der Waals surface area contributed by atoms with Crippen molar-refractivity contribution in [1.82, 2.24) is 0 Å². The molecule has 1 aliphatic carbocycles. The molecule has 0 nitrogen and oxygen atoms in total. The van der Waals surface area contributed by atoms with Gasteiger partial charge in [-0.2, -0.15) is 11.8 Å². The van der Waals surface area contributed by atoms with Crippen molar-refractivity contribution in [2.24, 2.45) is 11.8 Å². The molecule has 2 rings (SSSR count). The van der Waals surface area contributed by atoms with Gasteiger partial charge in [-0.1, -0.05) is 12.2 Å². The van der Waals surface area contributed by atoms with Crippen LogP contribution in [0.25, 0.3) is 0 Å². The second kappa shape index (κ2) is 3.22. The largest absolute Gasteiger partial charge is 0.162 e. The van der Waals surface area contributed by atoms with Crippen LogP contribution in [0, 0.1) is 11.8 Å². The number of thioether (sulfide) groups is 1. The molecule has 11 heavy (non-hydrogen) atoms. The number of rotatable bonds is 0. The van der Waals surface area contributed by atoms with Crippen LogP contribution in [0.4, 0.5) is 0 Å². The first-order chi connectivity index (χ1) is 5.36. The molecular weight excluding hydrogens is 152 g/mol. The summed E-state index contributed by atoms with van der Waals surface area (Å²) in [5.41, 5.74) is 1.51. The van der Waals surface area contributed by atoms with Gasteiger partial charge in [-0.3, -0.25) is 0 Å². The van der Waals surface area contributed by atoms with E-state index >= 15 is 0 Å². The van der Waals surface area contributed by atoms with Gasteiger partial charge >= 0.3 is 0 Å². The zero-order valence-electron chi connectivity index (χ0n) is 7.01. The van der Waals surface area contributed by atoms with E-state index in [2.05, 4.69) is 18.3 Å². The van der Waals surface area contributed by atoms with Crippen molar-refractivity contribution in [3.05, 3.63) is 12.2 Å². The van der Waals surface area contributed by atoms with Crippen LogP contribution in [0.5, 0.6) is 0 Å². The van der Waals surface area contributed by atoms with Gasteiger partial charge in [-0.05, 0) is 49.0 Å². The van der Waals surface area contributed by atoms with Gasteiger partial charge in [0.15, 0.2) is 0 Å². The van der Waals surface area contributed by atoms with Crippen LogP contribution in [0.3, 0.4) is 0 Å². The van der Waals surface area contributed by atoms with Gasteiger partial charge in [-0.15, -0.1) is 0 Å². The Kier molecular flexibility index (Phi) is 2.26. The molecule has 0 amide bonds. The summed E-state index contributed by atoms with van der Waals surface area (Å²) in [4.78, 5) is 0. The van der Waals surface area contributed by atoms with Crippen LogP contribution in [0.1, 0.15) is 25.7 Å². The zero-order valence-corrected chi connectivity index (χ0v) is 7.83. The Hall–Kier alpha value is 0.0900. The van der Waals surface area contributed by atoms with E-state index in [-0.39, 0.29) is 0 Å². The van der Waals surface area contributed by atoms with Gasteiger partial charge < -0.3 is 0 Å². The standard InChI is InChI=1S/C10H16S/c1-8-2-3-10-7-11-5-4-9(10)6-8/h9-10H,1-7H2. The summed E-state index contributed by atoms with van der Waals surface area (Å²) in [5, 5.41) is 0. The number of hydrogen-bond donors (Lipinski definition) is 0. The van der Waals surface area contributed by atoms with Crippen molar-refractivity contribution in [3.8, 4) is 0 Å². The third-order valence-corrected chi connectivity index (χ3v) is 4.24. The van der Waals surface area contributed by atoms with Crippen LogP contribution in [-0.4, -0.2) is 11.5 Å². The maximum Gasteiger partial charge on any atom is -0.00363 e. The lowest BCUT2D eigenvalue weighted by molar-refractivity contribution is 0.291. The minimum absolute atomic E-state index is 1.01. The van der Waals surface area contributed by atoms with Gasteiger partial charge in [0, 0.05) is 0 Å². The third-order valence-electron chi connectivity index (χ3n) is 3.05. The lowest BCUT2D eigenvalue weighted by Gasteiger charge is -2.35. The second-order valence-electron chi connectivity index (χ2n) is 3.88. The fourth-order valence-electron chi connectivity index (χ4n) is 2.29. The smallest absolute Gasteiger partial charge is 0.00363 e. The molecular formula is C10H16S. The van der Waals surface area contributed by atoms with Gasteiger partial charge in [0.2, 0.25) is 0 Å². The molecule has 2 unspecified atom stereocenters. The minimum Gasteiger partial charge on any atom is -0.162 e. The Morgan fingerprint density at radius 3 is 3.09 bits per heavy atom. The van der Waals surface area contributed by atoms with Crippen LogP contribution in [0.15, 0.2) is 12.2 Å². The number of allylic oxidation sites excluding steroid dienone is 1. The number of hydrogen-bond acceptors (Lipinski definition) is 1. The van der Waals surface area contributed by atoms with E-state index in [0.717, 1.165) is 11.8 Å². The Morgan fingerprint density at radius 2 is 2.18 bits per heavy atom. The molecule has 0 aromatic heterocycles. The minimum atomic E-state index is 1.01. The highest BCUT2D eigenvalue weighted by atomic mass is 32.2. The first-order valence-electron chi connectivity index (χ1n) is 4.60. The first-order valence-corrected chi connectivity index (χ1v) is 5.76. The van der Waals surface area contributed by atoms with Gasteiger partial charge in [0.1, 0.15) is 0 Å². The van der Waals surface area contributed by atoms with E-state index in [4.69, 9.17) is 0 Å². The Labute approximate surface area is 73.4 Å². The fraction of sp³-hybridized carbons (Fsp3) is 0.800. The van der Waals surface area contributed by atoms with Gasteiger partial charge in [0.05, 0.1) is 0 Å². The lowest BCUT2D eigenvalue weighted by atomic mass is 9.77. The monoisotopic (exact) mass is 168 g/mol. The van der Waals surface area contributed by atoms with Crippen molar-refractivity contribution in [1.29, 1.82) is 0 Å². The quantitative estimate of drug-likeness (QED) is 0.501. The maximum atomic E-state index is 4.10. The predicted octanol–water partition coefficient (Wildman–Crippen LogP) is 3.10. The summed E-state index contributed by atoms with van der Waals surface area (Å²) in [6.07, 6.45) is 5.53. The van der Waals surface area contributed by atoms with E-state index in [1.807, 2.05) is 0 Å². The number of fused-ring (bicyclic) bond motifs is 1. The van der Waals surface area contributed by atoms with Crippen molar-refractivity contribution in [2.45, 2.75) is 25.7 Å². The van der Waals surface area contributed by atoms with Gasteiger partial charge in [-0.25, -0.2) is 0 Å². The van der Waals surface area contributed by atoms with Crippen LogP contribution < -0.4 is 0 Å². The summed E-state index contributed by atoms with van der Waals surface area (Å²) < 4.78 is 0. The van der Waals surface area contributed by atoms with Crippen LogP contribution in [0.2, 0.25) is 0 Å². The molecule has 0 radical (unpaired) electrons. The molecule has 1 heterocycles. The first kappa shape index (κ1) is 7.72. The average Bonchev–Trinajstić information content (AvgIpc) is 2.04. The predicted molar refractivity (Wildman–Crippen MR) is 51.9 cm³/mol. The summed E-state index contributed by atoms with van der Waals surface area (Å²) in [7, 11) is 0. The molecule has 2 fully saturated rings. The lowest BCUT2D eigenvalue weighted by Crippen LogP contribution is -2.26. The van der Waals surface area contributed by atoms with E-state index < -0.39 is 0 Å². The summed E-state index contributed by atoms with van der Waals surface area (Å²) in [6, 6.07) is 0. The summed E-state index contributed by atoms with van der Waals surface area (Å²) in [5.74, 6) is 4.88. The normalized spacial score (nSPS) is 38.4. The third kappa shape index (κ3) is 1.64. The topological polar surface area (TPSA) is 0 Å². The molecule has 1 aliphatic heterocycles. The Balaban J connectivity index is 1.98. The molecule has 0 N–H and O–H groups in total. The van der Waals surface area contributed by atoms with Crippen molar-refractivity contribution >= 4 is 11.8 Å². The van der Waals surface area contributed by atoms with Gasteiger partial charge in [0.25, 0.3) is 0 Å². The molecule has 2 atom stereocenters. The SMILES string of the molecule is C=C1CCC2CSCCC2C1. The molecule has 1 saturated carbocycles. The summed E-state index contributed by atoms with van der Waals surface area (Å²) in [6.45, 7) is 4.10. The highest BCUT2D eigenvalue weighted by Crippen LogP contribution is 2.40. The Bertz CT molecular complexity index is 162. The Morgan fingerprint density at radius 1 is 1.27 bits per heavy atom. The van der Waals surface area contributed by atoms with E-state index in [0.29, 0.717) is 0 Å². The molecule has 2 aliphatic rings. The molecule has 1 saturated heterocycles. The van der Waals surface area contributed by atoms with Crippen LogP contribution >= 0.6 is 11.8 Å². The fourth-order valence-corrected chi connectivity index (χ4v) is 3.67. The van der Waals surface area contributed by atoms with E-state index in [1.165, 1.54) is 42.8 Å². The summed E-state index contributed by atoms with van der Waals surface area (Å²) >= 11 is 2.15. The van der Waals surface area contributed by atoms with Crippen molar-refractivity contribution < 1.29 is 0 Å². The van der Waals surface area contributed by atoms with E-state index in [9.17, 15) is 0 Å². The van der Waals surface area contributed by atoms with E-state index in [1.54, 1.807) is 0 Å². The molecule has 0 spiro atoms. The zero-order chi connectivity index (χ0) is 7.68. The highest BCUT2D eigenvalue weighted by molar-refractivity contribution is 7.99. The second-order valence-corrected chi connectivity index (χ2v) is 5.03. The molecule has 0 aromatic rings. The van der Waals surface area contributed by atoms with Crippen LogP contribution in [-0.2, 0) is 0 Å².